The van der Waals surface area contributed by atoms with Crippen LogP contribution in [0.1, 0.15) is 19.5 Å². The summed E-state index contributed by atoms with van der Waals surface area (Å²) in [5, 5.41) is 3.87. The van der Waals surface area contributed by atoms with Crippen molar-refractivity contribution in [1.29, 1.82) is 0 Å². The molecular weight excluding hydrogens is 276 g/mol. The molecule has 0 amide bonds. The Hall–Kier alpha value is -1.73. The molecule has 0 aromatic carbocycles. The maximum absolute atomic E-state index is 11.7. The van der Waals surface area contributed by atoms with Crippen LogP contribution in [-0.4, -0.2) is 28.4 Å². The van der Waals surface area contributed by atoms with Gasteiger partial charge in [-0.1, -0.05) is 0 Å². The first-order valence-electron chi connectivity index (χ1n) is 6.32. The van der Waals surface area contributed by atoms with Gasteiger partial charge in [-0.2, -0.15) is 5.10 Å². The zero-order valence-corrected chi connectivity index (χ0v) is 12.6. The Kier molecular flexibility index (Phi) is 4.20. The van der Waals surface area contributed by atoms with E-state index in [9.17, 15) is 8.42 Å². The van der Waals surface area contributed by atoms with Crippen molar-refractivity contribution in [1.82, 2.24) is 19.5 Å². The molecule has 6 nitrogen and oxygen atoms in total. The number of nitrogens with zero attached hydrogens (tertiary/aromatic N) is 3. The standard InChI is InChI=1S/C13H18N4O2S/c1-10(2)20(18,19)15-9-12-8-13(17(3)16-12)11-4-6-14-7-5-11/h4-8,10,15H,9H2,1-3H3. The Bertz CT molecular complexity index is 678. The lowest BCUT2D eigenvalue weighted by Gasteiger charge is -2.07. The van der Waals surface area contributed by atoms with E-state index in [2.05, 4.69) is 14.8 Å². The number of pyridine rings is 1. The lowest BCUT2D eigenvalue weighted by Crippen LogP contribution is -2.30. The summed E-state index contributed by atoms with van der Waals surface area (Å²) in [5.74, 6) is 0. The lowest BCUT2D eigenvalue weighted by atomic mass is 10.2. The zero-order valence-electron chi connectivity index (χ0n) is 11.7. The molecule has 2 aromatic rings. The molecule has 20 heavy (non-hydrogen) atoms. The molecule has 0 aliphatic heterocycles. The second-order valence-corrected chi connectivity index (χ2v) is 7.12. The third kappa shape index (κ3) is 3.23. The van der Waals surface area contributed by atoms with Crippen LogP contribution in [0, 0.1) is 0 Å². The lowest BCUT2D eigenvalue weighted by molar-refractivity contribution is 0.570. The molecule has 0 bridgehead atoms. The van der Waals surface area contributed by atoms with Crippen LogP contribution in [0.2, 0.25) is 0 Å². The van der Waals surface area contributed by atoms with Crippen LogP contribution in [0.25, 0.3) is 11.3 Å². The van der Waals surface area contributed by atoms with Gasteiger partial charge in [-0.25, -0.2) is 13.1 Å². The molecule has 0 saturated carbocycles. The first-order valence-corrected chi connectivity index (χ1v) is 7.86. The van der Waals surface area contributed by atoms with E-state index in [1.807, 2.05) is 25.2 Å². The fourth-order valence-corrected chi connectivity index (χ4v) is 2.43. The first-order chi connectivity index (χ1) is 9.40. The summed E-state index contributed by atoms with van der Waals surface area (Å²) in [7, 11) is -1.44. The number of aryl methyl sites for hydroxylation is 1. The topological polar surface area (TPSA) is 76.9 Å². The van der Waals surface area contributed by atoms with Crippen molar-refractivity contribution >= 4 is 10.0 Å². The molecule has 0 spiro atoms. The average Bonchev–Trinajstić information content (AvgIpc) is 2.79. The predicted molar refractivity (Wildman–Crippen MR) is 77.3 cm³/mol. The van der Waals surface area contributed by atoms with E-state index < -0.39 is 15.3 Å². The van der Waals surface area contributed by atoms with Crippen molar-refractivity contribution in [3.63, 3.8) is 0 Å². The number of aromatic nitrogens is 3. The van der Waals surface area contributed by atoms with Gasteiger partial charge < -0.3 is 0 Å². The van der Waals surface area contributed by atoms with Crippen molar-refractivity contribution in [3.8, 4) is 11.3 Å². The number of rotatable bonds is 5. The predicted octanol–water partition coefficient (Wildman–Crippen LogP) is 1.31. The minimum Gasteiger partial charge on any atom is -0.268 e. The van der Waals surface area contributed by atoms with Crippen molar-refractivity contribution in [3.05, 3.63) is 36.3 Å². The summed E-state index contributed by atoms with van der Waals surface area (Å²) in [5.41, 5.74) is 2.60. The summed E-state index contributed by atoms with van der Waals surface area (Å²) in [6, 6.07) is 5.65. The highest BCUT2D eigenvalue weighted by Crippen LogP contribution is 2.18. The van der Waals surface area contributed by atoms with Crippen LogP contribution in [0.15, 0.2) is 30.6 Å². The van der Waals surface area contributed by atoms with Crippen LogP contribution < -0.4 is 4.72 Å². The molecule has 108 valence electrons. The van der Waals surface area contributed by atoms with E-state index in [0.29, 0.717) is 5.69 Å². The molecule has 0 unspecified atom stereocenters. The van der Waals surface area contributed by atoms with Crippen molar-refractivity contribution < 1.29 is 8.42 Å². The molecule has 2 aromatic heterocycles. The van der Waals surface area contributed by atoms with Crippen molar-refractivity contribution in [2.75, 3.05) is 0 Å². The van der Waals surface area contributed by atoms with Crippen LogP contribution in [0.3, 0.4) is 0 Å². The fourth-order valence-electron chi connectivity index (χ4n) is 1.75. The van der Waals surface area contributed by atoms with E-state index in [0.717, 1.165) is 11.3 Å². The number of hydrogen-bond acceptors (Lipinski definition) is 4. The van der Waals surface area contributed by atoms with Crippen LogP contribution in [0.5, 0.6) is 0 Å². The molecule has 0 saturated heterocycles. The third-order valence-corrected chi connectivity index (χ3v) is 4.77. The Labute approximate surface area is 118 Å². The maximum atomic E-state index is 11.7. The number of hydrogen-bond donors (Lipinski definition) is 1. The molecule has 0 atom stereocenters. The van der Waals surface area contributed by atoms with Crippen molar-refractivity contribution in [2.45, 2.75) is 25.6 Å². The number of sulfonamides is 1. The SMILES string of the molecule is CC(C)S(=O)(=O)NCc1cc(-c2ccncc2)n(C)n1. The summed E-state index contributed by atoms with van der Waals surface area (Å²) in [6.45, 7) is 3.48. The highest BCUT2D eigenvalue weighted by atomic mass is 32.2. The molecule has 0 fully saturated rings. The minimum absolute atomic E-state index is 0.194. The maximum Gasteiger partial charge on any atom is 0.214 e. The van der Waals surface area contributed by atoms with E-state index in [1.54, 1.807) is 30.9 Å². The van der Waals surface area contributed by atoms with Gasteiger partial charge in [0.05, 0.1) is 23.2 Å². The summed E-state index contributed by atoms with van der Waals surface area (Å²) in [4.78, 5) is 3.97. The van der Waals surface area contributed by atoms with Crippen molar-refractivity contribution in [2.24, 2.45) is 7.05 Å². The van der Waals surface area contributed by atoms with E-state index in [4.69, 9.17) is 0 Å². The number of nitrogens with one attached hydrogen (secondary N) is 1. The van der Waals surface area contributed by atoms with Gasteiger partial charge in [0, 0.05) is 25.0 Å². The van der Waals surface area contributed by atoms with Gasteiger partial charge in [0.25, 0.3) is 0 Å². The highest BCUT2D eigenvalue weighted by Gasteiger charge is 2.16. The quantitative estimate of drug-likeness (QED) is 0.902. The fraction of sp³-hybridized carbons (Fsp3) is 0.385. The van der Waals surface area contributed by atoms with Gasteiger partial charge >= 0.3 is 0 Å². The Balaban J connectivity index is 2.17. The van der Waals surface area contributed by atoms with Gasteiger partial charge in [-0.3, -0.25) is 9.67 Å². The smallest absolute Gasteiger partial charge is 0.214 e. The van der Waals surface area contributed by atoms with Gasteiger partial charge in [0.2, 0.25) is 10.0 Å². The molecule has 1 N–H and O–H groups in total. The molecule has 0 aliphatic rings. The molecule has 0 radical (unpaired) electrons. The Morgan fingerprint density at radius 2 is 1.95 bits per heavy atom. The van der Waals surface area contributed by atoms with Crippen LogP contribution >= 0.6 is 0 Å². The van der Waals surface area contributed by atoms with E-state index >= 15 is 0 Å². The van der Waals surface area contributed by atoms with E-state index in [1.165, 1.54) is 0 Å². The van der Waals surface area contributed by atoms with Gasteiger partial charge in [0.1, 0.15) is 0 Å². The monoisotopic (exact) mass is 294 g/mol. The largest absolute Gasteiger partial charge is 0.268 e. The highest BCUT2D eigenvalue weighted by molar-refractivity contribution is 7.90. The third-order valence-electron chi connectivity index (χ3n) is 2.98. The van der Waals surface area contributed by atoms with E-state index in [-0.39, 0.29) is 6.54 Å². The Morgan fingerprint density at radius 3 is 2.55 bits per heavy atom. The van der Waals surface area contributed by atoms with Crippen LogP contribution in [-0.2, 0) is 23.6 Å². The second kappa shape index (κ2) is 5.72. The zero-order chi connectivity index (χ0) is 14.8. The average molecular weight is 294 g/mol. The molecule has 0 aliphatic carbocycles. The van der Waals surface area contributed by atoms with Gasteiger partial charge in [0.15, 0.2) is 0 Å². The minimum atomic E-state index is -3.27. The van der Waals surface area contributed by atoms with Crippen LogP contribution in [0.4, 0.5) is 0 Å². The first kappa shape index (κ1) is 14.7. The summed E-state index contributed by atoms with van der Waals surface area (Å²) in [6.07, 6.45) is 3.42. The van der Waals surface area contributed by atoms with Gasteiger partial charge in [-0.15, -0.1) is 0 Å². The normalized spacial score (nSPS) is 12.0. The summed E-state index contributed by atoms with van der Waals surface area (Å²) >= 11 is 0. The molecule has 7 heteroatoms. The molecule has 2 rings (SSSR count). The second-order valence-electron chi connectivity index (χ2n) is 4.80. The Morgan fingerprint density at radius 1 is 1.30 bits per heavy atom. The summed E-state index contributed by atoms with van der Waals surface area (Å²) < 4.78 is 27.7. The van der Waals surface area contributed by atoms with Gasteiger partial charge in [-0.05, 0) is 32.0 Å². The molecular formula is C13H18N4O2S. The molecule has 2 heterocycles.